The van der Waals surface area contributed by atoms with Crippen molar-refractivity contribution in [2.24, 2.45) is 0 Å². The van der Waals surface area contributed by atoms with Gasteiger partial charge < -0.3 is 9.88 Å². The maximum atomic E-state index is 12.4. The molecule has 5 heteroatoms. The normalized spacial score (nSPS) is 15.4. The van der Waals surface area contributed by atoms with Crippen LogP contribution in [0.25, 0.3) is 11.8 Å². The first kappa shape index (κ1) is 17.7. The van der Waals surface area contributed by atoms with E-state index in [4.69, 9.17) is 0 Å². The van der Waals surface area contributed by atoms with E-state index in [2.05, 4.69) is 28.5 Å². The van der Waals surface area contributed by atoms with E-state index in [1.165, 1.54) is 17.2 Å². The van der Waals surface area contributed by atoms with E-state index in [-0.39, 0.29) is 11.9 Å². The summed E-state index contributed by atoms with van der Waals surface area (Å²) >= 11 is 0. The fourth-order valence-electron chi connectivity index (χ4n) is 3.62. The number of carbonyl (C=O) groups excluding carboxylic acids is 1. The van der Waals surface area contributed by atoms with Gasteiger partial charge >= 0.3 is 0 Å². The number of benzene rings is 2. The lowest BCUT2D eigenvalue weighted by atomic mass is 10.1. The van der Waals surface area contributed by atoms with E-state index in [1.807, 2.05) is 42.0 Å². The maximum absolute atomic E-state index is 12.4. The Kier molecular flexibility index (Phi) is 4.77. The average molecular weight is 368 g/mol. The number of nitriles is 1. The van der Waals surface area contributed by atoms with Crippen LogP contribution >= 0.6 is 0 Å². The first-order valence-corrected chi connectivity index (χ1v) is 9.25. The van der Waals surface area contributed by atoms with E-state index in [9.17, 15) is 10.1 Å². The lowest BCUT2D eigenvalue weighted by Gasteiger charge is -2.12. The fraction of sp³-hybridized carbons (Fsp3) is 0.174. The Balaban J connectivity index is 1.47. The molecule has 1 aliphatic rings. The van der Waals surface area contributed by atoms with Gasteiger partial charge in [0, 0.05) is 12.3 Å². The Hall–Kier alpha value is -3.65. The molecular weight excluding hydrogens is 348 g/mol. The molecule has 3 aromatic rings. The summed E-state index contributed by atoms with van der Waals surface area (Å²) in [4.78, 5) is 16.6. The molecule has 0 saturated carbocycles. The number of amides is 1. The number of imidazole rings is 1. The molecule has 1 atom stereocenters. The maximum Gasteiger partial charge on any atom is 0.244 e. The molecule has 0 radical (unpaired) electrons. The number of carbonyl (C=O) groups is 1. The Labute approximate surface area is 164 Å². The van der Waals surface area contributed by atoms with Crippen LogP contribution in [0.4, 0.5) is 0 Å². The Bertz CT molecular complexity index is 1100. The van der Waals surface area contributed by atoms with Crippen LogP contribution in [-0.4, -0.2) is 15.5 Å². The Morgan fingerprint density at radius 2 is 2.18 bits per heavy atom. The number of aromatic nitrogens is 2. The summed E-state index contributed by atoms with van der Waals surface area (Å²) in [7, 11) is 0. The highest BCUT2D eigenvalue weighted by molar-refractivity contribution is 5.92. The molecule has 1 N–H and O–H groups in total. The van der Waals surface area contributed by atoms with Crippen molar-refractivity contribution in [2.45, 2.75) is 25.8 Å². The lowest BCUT2D eigenvalue weighted by molar-refractivity contribution is -0.117. The zero-order chi connectivity index (χ0) is 19.5. The summed E-state index contributed by atoms with van der Waals surface area (Å²) in [6, 6.07) is 16.0. The van der Waals surface area contributed by atoms with Gasteiger partial charge in [-0.1, -0.05) is 30.3 Å². The summed E-state index contributed by atoms with van der Waals surface area (Å²) in [6.07, 6.45) is 8.74. The van der Waals surface area contributed by atoms with Crippen LogP contribution in [0.15, 0.2) is 61.1 Å². The largest absolute Gasteiger partial charge is 0.346 e. The number of rotatable bonds is 4. The van der Waals surface area contributed by atoms with Crippen LogP contribution in [0.1, 0.15) is 40.4 Å². The second-order valence-corrected chi connectivity index (χ2v) is 6.94. The summed E-state index contributed by atoms with van der Waals surface area (Å²) in [5.41, 5.74) is 5.51. The molecule has 0 saturated heterocycles. The third-order valence-corrected chi connectivity index (χ3v) is 5.01. The van der Waals surface area contributed by atoms with Crippen molar-refractivity contribution in [3.05, 3.63) is 89.0 Å². The van der Waals surface area contributed by atoms with E-state index in [0.29, 0.717) is 5.56 Å². The zero-order valence-corrected chi connectivity index (χ0v) is 15.6. The molecule has 4 rings (SSSR count). The van der Waals surface area contributed by atoms with E-state index >= 15 is 0 Å². The molecule has 0 bridgehead atoms. The zero-order valence-electron chi connectivity index (χ0n) is 15.6. The molecule has 0 spiro atoms. The molecular formula is C23H20N4O. The van der Waals surface area contributed by atoms with Gasteiger partial charge in [0.05, 0.1) is 29.3 Å². The minimum atomic E-state index is -0.130. The Morgan fingerprint density at radius 1 is 1.32 bits per heavy atom. The van der Waals surface area contributed by atoms with Crippen molar-refractivity contribution in [3.8, 4) is 11.8 Å². The second-order valence-electron chi connectivity index (χ2n) is 6.94. The summed E-state index contributed by atoms with van der Waals surface area (Å²) < 4.78 is 1.83. The van der Waals surface area contributed by atoms with Gasteiger partial charge in [-0.15, -0.1) is 0 Å². The molecule has 1 amide bonds. The van der Waals surface area contributed by atoms with E-state index in [0.717, 1.165) is 29.8 Å². The predicted octanol–water partition coefficient (Wildman–Crippen LogP) is 3.87. The van der Waals surface area contributed by atoms with Crippen molar-refractivity contribution >= 4 is 12.0 Å². The van der Waals surface area contributed by atoms with Crippen molar-refractivity contribution in [2.75, 3.05) is 0 Å². The van der Waals surface area contributed by atoms with Crippen molar-refractivity contribution in [1.29, 1.82) is 5.26 Å². The number of hydrogen-bond acceptors (Lipinski definition) is 3. The van der Waals surface area contributed by atoms with Gasteiger partial charge in [-0.2, -0.15) is 5.26 Å². The predicted molar refractivity (Wildman–Crippen MR) is 108 cm³/mol. The van der Waals surface area contributed by atoms with Crippen LogP contribution in [0.2, 0.25) is 0 Å². The molecule has 0 fully saturated rings. The number of hydrogen-bond donors (Lipinski definition) is 1. The molecule has 1 unspecified atom stereocenters. The molecule has 0 aliphatic heterocycles. The minimum absolute atomic E-state index is 0.0647. The topological polar surface area (TPSA) is 70.7 Å². The smallest absolute Gasteiger partial charge is 0.244 e. The first-order valence-electron chi connectivity index (χ1n) is 9.25. The van der Waals surface area contributed by atoms with Gasteiger partial charge in [-0.3, -0.25) is 4.79 Å². The number of fused-ring (bicyclic) bond motifs is 1. The van der Waals surface area contributed by atoms with Crippen molar-refractivity contribution < 1.29 is 4.79 Å². The number of nitrogens with one attached hydrogen (secondary N) is 1. The molecule has 5 nitrogen and oxygen atoms in total. The van der Waals surface area contributed by atoms with Crippen molar-refractivity contribution in [3.63, 3.8) is 0 Å². The monoisotopic (exact) mass is 368 g/mol. The van der Waals surface area contributed by atoms with Crippen LogP contribution in [-0.2, 0) is 11.2 Å². The molecule has 138 valence electrons. The number of nitrogens with zero attached hydrogens (tertiary/aromatic N) is 3. The highest BCUT2D eigenvalue weighted by atomic mass is 16.1. The molecule has 28 heavy (non-hydrogen) atoms. The standard InChI is InChI=1S/C23H20N4O/c1-16-14-27(15-25-16)22-10-6-17(12-19(22)13-24)7-11-23(28)26-21-9-8-18-4-2-3-5-20(18)21/h2-7,10-12,14-15,21H,8-9H2,1H3,(H,26,28). The van der Waals surface area contributed by atoms with E-state index in [1.54, 1.807) is 18.5 Å². The molecule has 2 aromatic carbocycles. The van der Waals surface area contributed by atoms with Crippen molar-refractivity contribution in [1.82, 2.24) is 14.9 Å². The van der Waals surface area contributed by atoms with Gasteiger partial charge in [-0.25, -0.2) is 4.98 Å². The van der Waals surface area contributed by atoms with Gasteiger partial charge in [0.2, 0.25) is 5.91 Å². The van der Waals surface area contributed by atoms with Gasteiger partial charge in [0.25, 0.3) is 0 Å². The highest BCUT2D eigenvalue weighted by Crippen LogP contribution is 2.30. The quantitative estimate of drug-likeness (QED) is 0.711. The van der Waals surface area contributed by atoms with Gasteiger partial charge in [-0.05, 0) is 54.7 Å². The second kappa shape index (κ2) is 7.53. The molecule has 1 heterocycles. The van der Waals surface area contributed by atoms with Crippen LogP contribution in [0.3, 0.4) is 0 Å². The highest BCUT2D eigenvalue weighted by Gasteiger charge is 2.22. The van der Waals surface area contributed by atoms with Crippen LogP contribution in [0, 0.1) is 18.3 Å². The Morgan fingerprint density at radius 3 is 2.96 bits per heavy atom. The van der Waals surface area contributed by atoms with Gasteiger partial charge in [0.15, 0.2) is 0 Å². The summed E-state index contributed by atoms with van der Waals surface area (Å²) in [6.45, 7) is 1.90. The third-order valence-electron chi connectivity index (χ3n) is 5.01. The fourth-order valence-corrected chi connectivity index (χ4v) is 3.62. The molecule has 1 aromatic heterocycles. The summed E-state index contributed by atoms with van der Waals surface area (Å²) in [5, 5.41) is 12.6. The average Bonchev–Trinajstić information content (AvgIpc) is 3.33. The van der Waals surface area contributed by atoms with Crippen LogP contribution < -0.4 is 5.32 Å². The SMILES string of the molecule is Cc1cn(-c2ccc(C=CC(=O)NC3CCc4ccccc43)cc2C#N)cn1. The lowest BCUT2D eigenvalue weighted by Crippen LogP contribution is -2.25. The van der Waals surface area contributed by atoms with Gasteiger partial charge in [0.1, 0.15) is 6.07 Å². The van der Waals surface area contributed by atoms with Crippen LogP contribution in [0.5, 0.6) is 0 Å². The first-order chi connectivity index (χ1) is 13.6. The third kappa shape index (κ3) is 3.58. The molecule has 1 aliphatic carbocycles. The van der Waals surface area contributed by atoms with E-state index < -0.39 is 0 Å². The minimum Gasteiger partial charge on any atom is -0.346 e. The number of aryl methyl sites for hydroxylation is 2. The summed E-state index contributed by atoms with van der Waals surface area (Å²) in [5.74, 6) is -0.130.